The second-order valence-electron chi connectivity index (χ2n) is 6.17. The molecule has 0 bridgehead atoms. The van der Waals surface area contributed by atoms with Crippen molar-refractivity contribution in [2.24, 2.45) is 23.8 Å². The van der Waals surface area contributed by atoms with Crippen molar-refractivity contribution < 1.29 is 4.79 Å². The summed E-state index contributed by atoms with van der Waals surface area (Å²) in [6.45, 7) is 1.76. The molecule has 1 fully saturated rings. The van der Waals surface area contributed by atoms with Crippen molar-refractivity contribution >= 4 is 11.9 Å². The van der Waals surface area contributed by atoms with E-state index in [9.17, 15) is 9.59 Å². The molecule has 1 saturated carbocycles. The number of aryl methyl sites for hydroxylation is 1. The van der Waals surface area contributed by atoms with E-state index in [0.717, 1.165) is 30.7 Å². The predicted octanol–water partition coefficient (Wildman–Crippen LogP) is -0.0986. The Balaban J connectivity index is 2.42. The molecular weight excluding hydrogens is 310 g/mol. The molecule has 0 aromatic carbocycles. The number of nitrogens with zero attached hydrogens (tertiary/aromatic N) is 4. The minimum absolute atomic E-state index is 0.00858. The fourth-order valence-electron chi connectivity index (χ4n) is 3.19. The highest BCUT2D eigenvalue weighted by Gasteiger charge is 2.26. The maximum atomic E-state index is 12.5. The first-order valence-corrected chi connectivity index (χ1v) is 8.02. The topological polar surface area (TPSA) is 132 Å². The number of amides is 1. The third-order valence-corrected chi connectivity index (χ3v) is 4.44. The van der Waals surface area contributed by atoms with E-state index in [0.29, 0.717) is 11.1 Å². The van der Waals surface area contributed by atoms with Crippen LogP contribution in [0.1, 0.15) is 59.6 Å². The molecule has 1 aliphatic carbocycles. The van der Waals surface area contributed by atoms with Gasteiger partial charge in [0.25, 0.3) is 11.5 Å². The molecule has 1 aliphatic rings. The molecule has 2 rings (SSSR count). The fraction of sp³-hybridized carbons (Fsp3) is 0.600. The van der Waals surface area contributed by atoms with Gasteiger partial charge in [0.15, 0.2) is 5.69 Å². The molecular formula is C15H25N7O2. The van der Waals surface area contributed by atoms with Crippen molar-refractivity contribution in [3.63, 3.8) is 0 Å². The van der Waals surface area contributed by atoms with Gasteiger partial charge in [0.1, 0.15) is 0 Å². The lowest BCUT2D eigenvalue weighted by molar-refractivity contribution is 0.0964. The monoisotopic (exact) mass is 335 g/mol. The van der Waals surface area contributed by atoms with Crippen LogP contribution in [0.2, 0.25) is 0 Å². The van der Waals surface area contributed by atoms with Crippen molar-refractivity contribution in [3.8, 4) is 0 Å². The molecule has 0 spiro atoms. The van der Waals surface area contributed by atoms with Gasteiger partial charge in [-0.1, -0.05) is 19.3 Å². The molecule has 132 valence electrons. The summed E-state index contributed by atoms with van der Waals surface area (Å²) in [5, 5.41) is 11.1. The number of aromatic nitrogens is 2. The van der Waals surface area contributed by atoms with Gasteiger partial charge >= 0.3 is 0 Å². The Hall–Kier alpha value is -2.42. The van der Waals surface area contributed by atoms with Crippen LogP contribution in [0.5, 0.6) is 0 Å². The van der Waals surface area contributed by atoms with Crippen LogP contribution in [0.4, 0.5) is 0 Å². The summed E-state index contributed by atoms with van der Waals surface area (Å²) in [5.41, 5.74) is 1.34. The summed E-state index contributed by atoms with van der Waals surface area (Å²) >= 11 is 0. The van der Waals surface area contributed by atoms with E-state index in [2.05, 4.69) is 15.5 Å². The molecule has 9 nitrogen and oxygen atoms in total. The summed E-state index contributed by atoms with van der Waals surface area (Å²) in [4.78, 5) is 25.1. The number of hydrogen-bond donors (Lipinski definition) is 3. The van der Waals surface area contributed by atoms with Gasteiger partial charge in [-0.15, -0.1) is 5.10 Å². The second kappa shape index (κ2) is 7.43. The lowest BCUT2D eigenvalue weighted by Crippen LogP contribution is -2.47. The molecule has 1 heterocycles. The number of rotatable bonds is 2. The molecule has 0 saturated heterocycles. The molecule has 24 heavy (non-hydrogen) atoms. The first kappa shape index (κ1) is 17.9. The molecule has 0 aliphatic heterocycles. The van der Waals surface area contributed by atoms with Crippen LogP contribution in [0.25, 0.3) is 0 Å². The summed E-state index contributed by atoms with van der Waals surface area (Å²) in [6.07, 6.45) is 5.30. The maximum absolute atomic E-state index is 12.5. The largest absolute Gasteiger partial charge is 0.320 e. The molecule has 0 unspecified atom stereocenters. The zero-order chi connectivity index (χ0) is 17.9. The van der Waals surface area contributed by atoms with E-state index in [-0.39, 0.29) is 23.1 Å². The van der Waals surface area contributed by atoms with E-state index in [1.54, 1.807) is 14.0 Å². The Bertz CT molecular complexity index is 703. The van der Waals surface area contributed by atoms with E-state index < -0.39 is 5.91 Å². The Morgan fingerprint density at radius 2 is 2.00 bits per heavy atom. The first-order valence-electron chi connectivity index (χ1n) is 8.02. The van der Waals surface area contributed by atoms with Crippen LogP contribution in [0, 0.1) is 6.92 Å². The van der Waals surface area contributed by atoms with Crippen molar-refractivity contribution in [2.45, 2.75) is 44.9 Å². The third kappa shape index (κ3) is 3.56. The number of nitrogens with two attached hydrogens (primary N) is 2. The van der Waals surface area contributed by atoms with Gasteiger partial charge < -0.3 is 5.84 Å². The lowest BCUT2D eigenvalue weighted by Gasteiger charge is -2.24. The van der Waals surface area contributed by atoms with Crippen molar-refractivity contribution in [1.82, 2.24) is 20.1 Å². The van der Waals surface area contributed by atoms with Gasteiger partial charge in [0, 0.05) is 19.7 Å². The quantitative estimate of drug-likeness (QED) is 0.299. The maximum Gasteiger partial charge on any atom is 0.278 e. The Labute approximate surface area is 140 Å². The minimum Gasteiger partial charge on any atom is -0.320 e. The second-order valence-corrected chi connectivity index (χ2v) is 6.17. The summed E-state index contributed by atoms with van der Waals surface area (Å²) in [7, 11) is 3.05. The first-order chi connectivity index (χ1) is 11.4. The number of carbonyl (C=O) groups is 1. The average Bonchev–Trinajstić information content (AvgIpc) is 2.56. The fourth-order valence-corrected chi connectivity index (χ4v) is 3.19. The predicted molar refractivity (Wildman–Crippen MR) is 91.1 cm³/mol. The Kier molecular flexibility index (Phi) is 5.55. The van der Waals surface area contributed by atoms with E-state index in [4.69, 9.17) is 11.7 Å². The number of carbonyl (C=O) groups excluding carboxylic acids is 1. The average molecular weight is 335 g/mol. The van der Waals surface area contributed by atoms with Crippen LogP contribution in [-0.2, 0) is 7.05 Å². The number of nitrogens with one attached hydrogen (secondary N) is 1. The third-order valence-electron chi connectivity index (χ3n) is 4.44. The zero-order valence-electron chi connectivity index (χ0n) is 14.4. The normalized spacial score (nSPS) is 16.1. The SMILES string of the molecule is Cc1c(C(=O)N/C(=N/N)N(C)N)nn(C)c(=O)c1C1CCCCC1. The van der Waals surface area contributed by atoms with Crippen LogP contribution in [0.15, 0.2) is 9.90 Å². The van der Waals surface area contributed by atoms with Gasteiger partial charge in [-0.05, 0) is 31.2 Å². The highest BCUT2D eigenvalue weighted by Crippen LogP contribution is 2.32. The van der Waals surface area contributed by atoms with Crippen molar-refractivity contribution in [1.29, 1.82) is 0 Å². The Morgan fingerprint density at radius 1 is 1.38 bits per heavy atom. The minimum atomic E-state index is -0.498. The van der Waals surface area contributed by atoms with Crippen molar-refractivity contribution in [2.75, 3.05) is 7.05 Å². The summed E-state index contributed by atoms with van der Waals surface area (Å²) in [6, 6.07) is 0. The molecule has 1 aromatic rings. The molecule has 9 heteroatoms. The smallest absolute Gasteiger partial charge is 0.278 e. The van der Waals surface area contributed by atoms with Gasteiger partial charge in [0.05, 0.1) is 0 Å². The standard InChI is InChI=1S/C15H25N7O2/c1-9-11(10-7-5-4-6-8-10)14(24)22(3)20-12(9)13(23)18-15(19-16)21(2)17/h10H,4-8,16-17H2,1-3H3,(H,18,19,23). The highest BCUT2D eigenvalue weighted by atomic mass is 16.2. The Morgan fingerprint density at radius 3 is 2.54 bits per heavy atom. The van der Waals surface area contributed by atoms with Gasteiger partial charge in [0.2, 0.25) is 5.96 Å². The van der Waals surface area contributed by atoms with Gasteiger partial charge in [-0.3, -0.25) is 19.9 Å². The van der Waals surface area contributed by atoms with Gasteiger partial charge in [-0.25, -0.2) is 10.5 Å². The van der Waals surface area contributed by atoms with E-state index >= 15 is 0 Å². The van der Waals surface area contributed by atoms with E-state index in [1.165, 1.54) is 18.2 Å². The zero-order valence-corrected chi connectivity index (χ0v) is 14.4. The number of hydrogen-bond acceptors (Lipinski definition) is 6. The van der Waals surface area contributed by atoms with Crippen LogP contribution >= 0.6 is 0 Å². The van der Waals surface area contributed by atoms with E-state index in [1.807, 2.05) is 0 Å². The molecule has 1 amide bonds. The molecule has 5 N–H and O–H groups in total. The molecule has 0 radical (unpaired) electrons. The van der Waals surface area contributed by atoms with Crippen molar-refractivity contribution in [3.05, 3.63) is 27.2 Å². The number of guanidine groups is 1. The molecule has 1 aromatic heterocycles. The van der Waals surface area contributed by atoms with Gasteiger partial charge in [-0.2, -0.15) is 5.10 Å². The summed E-state index contributed by atoms with van der Waals surface area (Å²) in [5.74, 6) is 10.4. The van der Waals surface area contributed by atoms with Crippen LogP contribution < -0.4 is 22.6 Å². The number of hydrazone groups is 1. The summed E-state index contributed by atoms with van der Waals surface area (Å²) < 4.78 is 1.22. The number of hydrazine groups is 1. The highest BCUT2D eigenvalue weighted by molar-refractivity contribution is 6.05. The molecule has 0 atom stereocenters. The lowest BCUT2D eigenvalue weighted by atomic mass is 9.82. The van der Waals surface area contributed by atoms with Crippen LogP contribution in [-0.4, -0.2) is 33.7 Å². The van der Waals surface area contributed by atoms with Crippen LogP contribution in [0.3, 0.4) is 0 Å².